The molecule has 0 radical (unpaired) electrons. The van der Waals surface area contributed by atoms with Gasteiger partial charge in [-0.2, -0.15) is 9.13 Å². The lowest BCUT2D eigenvalue weighted by atomic mass is 9.57. The first-order chi connectivity index (χ1) is 27.7. The molecule has 0 saturated heterocycles. The SMILES string of the molecule is CCCCCC(C)c1cccc(C(C)C)c1-n1cc[n+]2c1-c1ccccc1C(CC)(CCC1c3ccc4c(sc5c(C)cccc54)c3-c3cccc[n+]31)C2(C)CC. The van der Waals surface area contributed by atoms with Crippen molar-refractivity contribution in [3.8, 4) is 28.3 Å². The number of imidazole rings is 1. The van der Waals surface area contributed by atoms with Gasteiger partial charge in [-0.1, -0.05) is 128 Å². The topological polar surface area (TPSA) is 12.7 Å². The Morgan fingerprint density at radius 1 is 0.772 bits per heavy atom. The number of benzene rings is 4. The molecular weight excluding hydrogens is 711 g/mol. The van der Waals surface area contributed by atoms with Gasteiger partial charge in [-0.15, -0.1) is 11.3 Å². The molecule has 7 aromatic rings. The van der Waals surface area contributed by atoms with Crippen molar-refractivity contribution in [1.82, 2.24) is 4.57 Å². The van der Waals surface area contributed by atoms with E-state index in [4.69, 9.17) is 0 Å². The molecular formula is C53H61N3S+2. The van der Waals surface area contributed by atoms with E-state index in [0.717, 1.165) is 25.7 Å². The highest BCUT2D eigenvalue weighted by molar-refractivity contribution is 7.26. The second-order valence-corrected chi connectivity index (χ2v) is 18.8. The number of hydrogen-bond acceptors (Lipinski definition) is 1. The fourth-order valence-corrected chi connectivity index (χ4v) is 12.7. The average Bonchev–Trinajstić information content (AvgIpc) is 3.94. The smallest absolute Gasteiger partial charge is 0.224 e. The zero-order valence-electron chi connectivity index (χ0n) is 35.5. The summed E-state index contributed by atoms with van der Waals surface area (Å²) in [5.41, 5.74) is 12.7. The molecule has 5 heterocycles. The molecule has 2 aliphatic heterocycles. The third-order valence-corrected chi connectivity index (χ3v) is 16.0. The van der Waals surface area contributed by atoms with Crippen LogP contribution >= 0.6 is 11.3 Å². The van der Waals surface area contributed by atoms with Gasteiger partial charge >= 0.3 is 0 Å². The van der Waals surface area contributed by atoms with E-state index in [1.807, 2.05) is 11.3 Å². The van der Waals surface area contributed by atoms with E-state index in [1.165, 1.54) is 102 Å². The third-order valence-electron chi connectivity index (χ3n) is 14.7. The molecule has 3 aromatic heterocycles. The van der Waals surface area contributed by atoms with E-state index >= 15 is 0 Å². The van der Waals surface area contributed by atoms with E-state index in [1.54, 1.807) is 0 Å². The molecule has 0 fully saturated rings. The Morgan fingerprint density at radius 2 is 1.54 bits per heavy atom. The number of hydrogen-bond donors (Lipinski definition) is 0. The van der Waals surface area contributed by atoms with Crippen molar-refractivity contribution in [2.45, 2.75) is 136 Å². The van der Waals surface area contributed by atoms with E-state index in [9.17, 15) is 0 Å². The van der Waals surface area contributed by atoms with Crippen LogP contribution in [0.15, 0.2) is 110 Å². The number of aromatic nitrogens is 3. The van der Waals surface area contributed by atoms with E-state index in [0.29, 0.717) is 11.8 Å². The van der Waals surface area contributed by atoms with Crippen molar-refractivity contribution in [3.05, 3.63) is 137 Å². The van der Waals surface area contributed by atoms with Gasteiger partial charge in [0, 0.05) is 60.8 Å². The van der Waals surface area contributed by atoms with Gasteiger partial charge in [0.2, 0.25) is 5.69 Å². The number of nitrogens with zero attached hydrogens (tertiary/aromatic N) is 3. The van der Waals surface area contributed by atoms with Crippen LogP contribution in [0.1, 0.15) is 146 Å². The molecule has 9 rings (SSSR count). The fraction of sp³-hybridized carbons (Fsp3) is 0.396. The molecule has 4 heteroatoms. The predicted molar refractivity (Wildman–Crippen MR) is 241 cm³/mol. The van der Waals surface area contributed by atoms with Gasteiger partial charge in [0.05, 0.1) is 11.1 Å². The number of fused-ring (bicyclic) bond motifs is 10. The van der Waals surface area contributed by atoms with Crippen molar-refractivity contribution in [2.75, 3.05) is 0 Å². The number of unbranched alkanes of at least 4 members (excludes halogenated alkanes) is 2. The maximum atomic E-state index is 2.72. The van der Waals surface area contributed by atoms with Crippen molar-refractivity contribution in [3.63, 3.8) is 0 Å². The molecule has 4 aromatic carbocycles. The molecule has 0 spiro atoms. The highest BCUT2D eigenvalue weighted by Crippen LogP contribution is 2.55. The number of thiophene rings is 1. The molecule has 0 N–H and O–H groups in total. The van der Waals surface area contributed by atoms with Crippen molar-refractivity contribution >= 4 is 31.5 Å². The van der Waals surface area contributed by atoms with Gasteiger partial charge in [0.25, 0.3) is 5.82 Å². The maximum Gasteiger partial charge on any atom is 0.294 e. The van der Waals surface area contributed by atoms with Crippen LogP contribution in [-0.4, -0.2) is 4.57 Å². The van der Waals surface area contributed by atoms with Crippen LogP contribution in [-0.2, 0) is 11.0 Å². The lowest BCUT2D eigenvalue weighted by Crippen LogP contribution is -2.68. The highest BCUT2D eigenvalue weighted by atomic mass is 32.1. The summed E-state index contributed by atoms with van der Waals surface area (Å²) in [6, 6.07) is 35.4. The van der Waals surface area contributed by atoms with Gasteiger partial charge in [0.1, 0.15) is 23.6 Å². The number of pyridine rings is 1. The Hall–Kier alpha value is -4.54. The minimum Gasteiger partial charge on any atom is -0.224 e. The summed E-state index contributed by atoms with van der Waals surface area (Å²) >= 11 is 1.99. The van der Waals surface area contributed by atoms with Gasteiger partial charge < -0.3 is 0 Å². The summed E-state index contributed by atoms with van der Waals surface area (Å²) in [6.45, 7) is 19.2. The second-order valence-electron chi connectivity index (χ2n) is 17.8. The van der Waals surface area contributed by atoms with Crippen LogP contribution in [0, 0.1) is 6.92 Å². The van der Waals surface area contributed by atoms with E-state index < -0.39 is 0 Å². The first-order valence-electron chi connectivity index (χ1n) is 22.0. The maximum absolute atomic E-state index is 2.72. The zero-order chi connectivity index (χ0) is 39.6. The number of para-hydroxylation sites is 1. The zero-order valence-corrected chi connectivity index (χ0v) is 36.3. The lowest BCUT2D eigenvalue weighted by Gasteiger charge is -2.50. The van der Waals surface area contributed by atoms with Crippen LogP contribution in [0.4, 0.5) is 0 Å². The standard InChI is InChI=1S/C53H61N3S/c1-9-12-13-20-36(6)39-24-19-23-38(35(4)5)48(39)55-33-34-56-51(55)42-22-14-15-26-44(42)53(11-3,52(56,8)10-2)31-30-45-43-29-28-41-40-25-18-21-37(7)49(40)57-50(41)47(43)46-27-16-17-32-54(45)46/h14-19,21-29,32-36,45H,9-13,20,30-31H2,1-8H3/q+2. The molecule has 57 heavy (non-hydrogen) atoms. The normalized spacial score (nSPS) is 20.2. The van der Waals surface area contributed by atoms with Crippen LogP contribution in [0.3, 0.4) is 0 Å². The Bertz CT molecular complexity index is 2620. The average molecular weight is 772 g/mol. The predicted octanol–water partition coefficient (Wildman–Crippen LogP) is 14.0. The van der Waals surface area contributed by atoms with Gasteiger partial charge in [0.15, 0.2) is 12.2 Å². The highest BCUT2D eigenvalue weighted by Gasteiger charge is 2.58. The molecule has 4 atom stereocenters. The third kappa shape index (κ3) is 5.64. The number of aryl methyl sites for hydroxylation is 1. The van der Waals surface area contributed by atoms with Gasteiger partial charge in [-0.05, 0) is 74.6 Å². The van der Waals surface area contributed by atoms with Crippen LogP contribution < -0.4 is 9.13 Å². The van der Waals surface area contributed by atoms with Gasteiger partial charge in [-0.25, -0.2) is 4.57 Å². The van der Waals surface area contributed by atoms with Crippen LogP contribution in [0.2, 0.25) is 0 Å². The molecule has 0 saturated carbocycles. The van der Waals surface area contributed by atoms with Crippen LogP contribution in [0.25, 0.3) is 48.5 Å². The summed E-state index contributed by atoms with van der Waals surface area (Å²) in [6.07, 6.45) is 16.6. The molecule has 0 bridgehead atoms. The second kappa shape index (κ2) is 14.7. The fourth-order valence-electron chi connectivity index (χ4n) is 11.4. The molecule has 0 aliphatic carbocycles. The Kier molecular flexibility index (Phi) is 9.79. The van der Waals surface area contributed by atoms with E-state index in [-0.39, 0.29) is 17.0 Å². The van der Waals surface area contributed by atoms with Gasteiger partial charge in [-0.3, -0.25) is 0 Å². The minimum atomic E-state index is -0.130. The van der Waals surface area contributed by atoms with Crippen molar-refractivity contribution < 1.29 is 9.13 Å². The summed E-state index contributed by atoms with van der Waals surface area (Å²) in [5, 5.41) is 2.78. The molecule has 4 unspecified atom stereocenters. The summed E-state index contributed by atoms with van der Waals surface area (Å²) < 4.78 is 10.8. The van der Waals surface area contributed by atoms with Crippen molar-refractivity contribution in [2.24, 2.45) is 0 Å². The molecule has 3 nitrogen and oxygen atoms in total. The van der Waals surface area contributed by atoms with Crippen molar-refractivity contribution in [1.29, 1.82) is 0 Å². The Morgan fingerprint density at radius 3 is 2.33 bits per heavy atom. The van der Waals surface area contributed by atoms with Crippen LogP contribution in [0.5, 0.6) is 0 Å². The first kappa shape index (κ1) is 38.0. The summed E-state index contributed by atoms with van der Waals surface area (Å²) in [5.74, 6) is 2.25. The monoisotopic (exact) mass is 771 g/mol. The summed E-state index contributed by atoms with van der Waals surface area (Å²) in [7, 11) is 0. The minimum absolute atomic E-state index is 0.0624. The first-order valence-corrected chi connectivity index (χ1v) is 22.8. The molecule has 2 aliphatic rings. The Balaban J connectivity index is 1.17. The summed E-state index contributed by atoms with van der Waals surface area (Å²) in [4.78, 5) is 0. The van der Waals surface area contributed by atoms with E-state index in [2.05, 4.69) is 179 Å². The quantitative estimate of drug-likeness (QED) is 0.0867. The Labute approximate surface area is 345 Å². The largest absolute Gasteiger partial charge is 0.294 e. The molecule has 0 amide bonds. The number of rotatable bonds is 12. The molecule has 292 valence electrons. The lowest BCUT2D eigenvalue weighted by molar-refractivity contribution is -0.765.